The zero-order chi connectivity index (χ0) is 11.1. The molecule has 1 unspecified atom stereocenters. The van der Waals surface area contributed by atoms with E-state index in [-0.39, 0.29) is 5.24 Å². The van der Waals surface area contributed by atoms with Gasteiger partial charge in [-0.3, -0.25) is 4.79 Å². The van der Waals surface area contributed by atoms with Crippen LogP contribution in [-0.2, 0) is 6.42 Å². The summed E-state index contributed by atoms with van der Waals surface area (Å²) in [5, 5.41) is 1.80. The quantitative estimate of drug-likeness (QED) is 0.662. The molecule has 0 aromatic heterocycles. The number of hydrogen-bond donors (Lipinski definition) is 2. The van der Waals surface area contributed by atoms with Crippen LogP contribution in [0.15, 0.2) is 41.3 Å². The molecule has 1 amide bonds. The van der Waals surface area contributed by atoms with Crippen LogP contribution in [0.2, 0.25) is 0 Å². The number of carbonyl (C=O) groups is 1. The molecule has 3 rings (SSSR count). The Bertz CT molecular complexity index is 530. The molecule has 0 saturated carbocycles. The van der Waals surface area contributed by atoms with Crippen molar-refractivity contribution in [3.8, 4) is 0 Å². The van der Waals surface area contributed by atoms with Crippen LogP contribution < -0.4 is 5.73 Å². The van der Waals surface area contributed by atoms with Crippen LogP contribution in [0.3, 0.4) is 0 Å². The Balaban J connectivity index is 2.16. The van der Waals surface area contributed by atoms with E-state index in [1.807, 2.05) is 11.5 Å². The summed E-state index contributed by atoms with van der Waals surface area (Å²) in [6.45, 7) is 0. The molecule has 0 saturated heterocycles. The van der Waals surface area contributed by atoms with Gasteiger partial charge >= 0.3 is 0 Å². The summed E-state index contributed by atoms with van der Waals surface area (Å²) in [5.74, 6) is 0. The minimum atomic E-state index is -0.910. The predicted octanol–water partition coefficient (Wildman–Crippen LogP) is 2.95. The second kappa shape index (κ2) is 3.52. The molecular formula is C13H13NOS. The minimum Gasteiger partial charge on any atom is -0.361 e. The van der Waals surface area contributed by atoms with Crippen molar-refractivity contribution in [2.45, 2.75) is 12.8 Å². The zero-order valence-corrected chi connectivity index (χ0v) is 9.71. The normalized spacial score (nSPS) is 24.1. The summed E-state index contributed by atoms with van der Waals surface area (Å²) < 4.78 is 0. The number of primary amides is 1. The van der Waals surface area contributed by atoms with Gasteiger partial charge in [-0.05, 0) is 34.9 Å². The van der Waals surface area contributed by atoms with E-state index in [4.69, 9.17) is 5.73 Å². The molecular weight excluding hydrogens is 218 g/mol. The fourth-order valence-corrected chi connectivity index (χ4v) is 4.22. The summed E-state index contributed by atoms with van der Waals surface area (Å²) in [4.78, 5) is 12.6. The van der Waals surface area contributed by atoms with E-state index in [0.717, 1.165) is 12.8 Å². The molecule has 0 spiro atoms. The summed E-state index contributed by atoms with van der Waals surface area (Å²) in [6.07, 6.45) is 4.19. The third kappa shape index (κ3) is 1.32. The van der Waals surface area contributed by atoms with E-state index in [1.54, 1.807) is 0 Å². The first kappa shape index (κ1) is 9.73. The van der Waals surface area contributed by atoms with Gasteiger partial charge in [0.05, 0.1) is 0 Å². The molecule has 0 bridgehead atoms. The monoisotopic (exact) mass is 231 g/mol. The van der Waals surface area contributed by atoms with E-state index >= 15 is 0 Å². The molecule has 1 aromatic carbocycles. The van der Waals surface area contributed by atoms with E-state index in [1.165, 1.54) is 21.6 Å². The highest BCUT2D eigenvalue weighted by Gasteiger charge is 2.27. The Morgan fingerprint density at radius 3 is 2.88 bits per heavy atom. The van der Waals surface area contributed by atoms with Gasteiger partial charge < -0.3 is 5.73 Å². The lowest BCUT2D eigenvalue weighted by atomic mass is 9.92. The number of rotatable bonds is 0. The van der Waals surface area contributed by atoms with Crippen LogP contribution in [-0.4, -0.2) is 5.24 Å². The van der Waals surface area contributed by atoms with Gasteiger partial charge in [-0.1, -0.05) is 30.3 Å². The van der Waals surface area contributed by atoms with Gasteiger partial charge in [0, 0.05) is 4.91 Å². The molecule has 0 fully saturated rings. The first-order chi connectivity index (χ1) is 7.77. The van der Waals surface area contributed by atoms with Crippen molar-refractivity contribution in [3.63, 3.8) is 0 Å². The van der Waals surface area contributed by atoms with Crippen LogP contribution in [0.25, 0.3) is 4.91 Å². The number of nitrogens with two attached hydrogens (primary N) is 1. The topological polar surface area (TPSA) is 43.1 Å². The van der Waals surface area contributed by atoms with Crippen molar-refractivity contribution in [1.82, 2.24) is 0 Å². The molecule has 1 aliphatic carbocycles. The van der Waals surface area contributed by atoms with Gasteiger partial charge in [0.1, 0.15) is 0 Å². The van der Waals surface area contributed by atoms with Crippen LogP contribution in [0, 0.1) is 0 Å². The lowest BCUT2D eigenvalue weighted by molar-refractivity contribution is 0.267. The Morgan fingerprint density at radius 2 is 2.06 bits per heavy atom. The Labute approximate surface area is 97.2 Å². The maximum Gasteiger partial charge on any atom is 0.264 e. The van der Waals surface area contributed by atoms with Gasteiger partial charge in [-0.25, -0.2) is 0 Å². The van der Waals surface area contributed by atoms with Crippen LogP contribution in [0.1, 0.15) is 17.5 Å². The highest BCUT2D eigenvalue weighted by Crippen LogP contribution is 2.53. The van der Waals surface area contributed by atoms with Crippen molar-refractivity contribution in [1.29, 1.82) is 0 Å². The number of aryl methyl sites for hydroxylation is 1. The standard InChI is InChI=1S/C13H13NOS/c14-13(15)16-8-7-10-6-5-9-3-1-2-4-11(9)12(10)16/h1-4,7-8,16H,5-6H2,(H2,14,15). The summed E-state index contributed by atoms with van der Waals surface area (Å²) in [5.41, 5.74) is 9.36. The molecule has 1 atom stereocenters. The number of benzene rings is 1. The highest BCUT2D eigenvalue weighted by atomic mass is 32.2. The third-order valence-electron chi connectivity index (χ3n) is 3.14. The fourth-order valence-electron chi connectivity index (χ4n) is 2.40. The number of carbonyl (C=O) groups excluding carboxylic acids is 1. The largest absolute Gasteiger partial charge is 0.361 e. The molecule has 1 aliphatic heterocycles. The van der Waals surface area contributed by atoms with Crippen molar-refractivity contribution in [3.05, 3.63) is 52.4 Å². The number of amides is 1. The van der Waals surface area contributed by atoms with Gasteiger partial charge in [0.15, 0.2) is 0 Å². The van der Waals surface area contributed by atoms with E-state index in [2.05, 4.69) is 24.3 Å². The SMILES string of the molecule is NC(=O)[SH]1C=CC2=C1c1ccccc1CC2. The maximum absolute atomic E-state index is 11.4. The van der Waals surface area contributed by atoms with E-state index < -0.39 is 10.9 Å². The van der Waals surface area contributed by atoms with Crippen LogP contribution in [0.4, 0.5) is 4.79 Å². The number of fused-ring (bicyclic) bond motifs is 2. The first-order valence-corrected chi connectivity index (χ1v) is 6.77. The van der Waals surface area contributed by atoms with Crippen molar-refractivity contribution in [2.24, 2.45) is 5.73 Å². The van der Waals surface area contributed by atoms with Crippen molar-refractivity contribution in [2.75, 3.05) is 0 Å². The van der Waals surface area contributed by atoms with Gasteiger partial charge in [0.2, 0.25) is 0 Å². The smallest absolute Gasteiger partial charge is 0.264 e. The third-order valence-corrected chi connectivity index (χ3v) is 5.08. The summed E-state index contributed by atoms with van der Waals surface area (Å²) >= 11 is 0. The maximum atomic E-state index is 11.4. The molecule has 2 N–H and O–H groups in total. The molecule has 82 valence electrons. The second-order valence-electron chi connectivity index (χ2n) is 4.05. The average Bonchev–Trinajstić information content (AvgIpc) is 2.73. The lowest BCUT2D eigenvalue weighted by Crippen LogP contribution is -2.10. The lowest BCUT2D eigenvalue weighted by Gasteiger charge is -2.23. The molecule has 2 aliphatic rings. The Morgan fingerprint density at radius 1 is 1.25 bits per heavy atom. The predicted molar refractivity (Wildman–Crippen MR) is 69.4 cm³/mol. The Hall–Kier alpha value is -1.48. The first-order valence-electron chi connectivity index (χ1n) is 5.35. The summed E-state index contributed by atoms with van der Waals surface area (Å²) in [6, 6.07) is 8.34. The highest BCUT2D eigenvalue weighted by molar-refractivity contribution is 8.39. The zero-order valence-electron chi connectivity index (χ0n) is 8.81. The van der Waals surface area contributed by atoms with Crippen molar-refractivity contribution < 1.29 is 4.79 Å². The molecule has 1 aromatic rings. The van der Waals surface area contributed by atoms with Crippen LogP contribution in [0.5, 0.6) is 0 Å². The molecule has 1 heterocycles. The molecule has 3 heteroatoms. The molecule has 16 heavy (non-hydrogen) atoms. The number of hydrogen-bond acceptors (Lipinski definition) is 1. The summed E-state index contributed by atoms with van der Waals surface area (Å²) in [7, 11) is -0.910. The van der Waals surface area contributed by atoms with Crippen molar-refractivity contribution >= 4 is 21.0 Å². The van der Waals surface area contributed by atoms with Crippen LogP contribution >= 0.6 is 10.9 Å². The molecule has 2 nitrogen and oxygen atoms in total. The van der Waals surface area contributed by atoms with Gasteiger partial charge in [-0.15, -0.1) is 10.9 Å². The molecule has 0 radical (unpaired) electrons. The van der Waals surface area contributed by atoms with E-state index in [9.17, 15) is 4.79 Å². The number of allylic oxidation sites excluding steroid dienone is 2. The Kier molecular flexibility index (Phi) is 2.14. The number of thiol groups is 1. The van der Waals surface area contributed by atoms with E-state index in [0.29, 0.717) is 0 Å². The second-order valence-corrected chi connectivity index (χ2v) is 5.98. The average molecular weight is 231 g/mol. The van der Waals surface area contributed by atoms with Gasteiger partial charge in [0.25, 0.3) is 5.24 Å². The fraction of sp³-hybridized carbons (Fsp3) is 0.154. The minimum absolute atomic E-state index is 0.187. The van der Waals surface area contributed by atoms with Gasteiger partial charge in [-0.2, -0.15) is 0 Å².